The Morgan fingerprint density at radius 1 is 1.00 bits per heavy atom. The van der Waals surface area contributed by atoms with Gasteiger partial charge in [-0.3, -0.25) is 0 Å². The van der Waals surface area contributed by atoms with Crippen LogP contribution in [0.25, 0.3) is 0 Å². The van der Waals surface area contributed by atoms with Crippen molar-refractivity contribution in [3.8, 4) is 0 Å². The van der Waals surface area contributed by atoms with E-state index in [1.807, 2.05) is 25.1 Å². The first-order chi connectivity index (χ1) is 12.6. The minimum absolute atomic E-state index is 0.485. The molecule has 0 atom stereocenters. The van der Waals surface area contributed by atoms with Gasteiger partial charge in [-0.25, -0.2) is 4.98 Å². The molecule has 6 heteroatoms. The number of aromatic nitrogens is 2. The number of rotatable bonds is 3. The topological polar surface area (TPSA) is 41.1 Å². The van der Waals surface area contributed by atoms with Gasteiger partial charge in [-0.1, -0.05) is 53.5 Å². The molecule has 26 heavy (non-hydrogen) atoms. The first-order valence-electron chi connectivity index (χ1n) is 8.48. The van der Waals surface area contributed by atoms with Crippen LogP contribution in [0.4, 0.5) is 17.5 Å². The van der Waals surface area contributed by atoms with Crippen LogP contribution in [0.3, 0.4) is 0 Å². The summed E-state index contributed by atoms with van der Waals surface area (Å²) >= 11 is 12.4. The molecule has 0 saturated carbocycles. The Morgan fingerprint density at radius 3 is 2.65 bits per heavy atom. The molecule has 1 aliphatic heterocycles. The van der Waals surface area contributed by atoms with Gasteiger partial charge in [-0.05, 0) is 36.6 Å². The van der Waals surface area contributed by atoms with Gasteiger partial charge < -0.3 is 10.2 Å². The van der Waals surface area contributed by atoms with Crippen molar-refractivity contribution in [1.82, 2.24) is 9.97 Å². The first-order valence-corrected chi connectivity index (χ1v) is 9.24. The van der Waals surface area contributed by atoms with Crippen LogP contribution in [0, 0.1) is 6.92 Å². The third-order valence-corrected chi connectivity index (χ3v) is 5.29. The average molecular weight is 385 g/mol. The third-order valence-electron chi connectivity index (χ3n) is 4.47. The van der Waals surface area contributed by atoms with Crippen molar-refractivity contribution in [3.05, 3.63) is 75.4 Å². The number of hydrogen-bond acceptors (Lipinski definition) is 4. The lowest BCUT2D eigenvalue weighted by molar-refractivity contribution is 0.706. The van der Waals surface area contributed by atoms with Gasteiger partial charge >= 0.3 is 0 Å². The summed E-state index contributed by atoms with van der Waals surface area (Å²) in [6.45, 7) is 3.68. The van der Waals surface area contributed by atoms with Gasteiger partial charge in [0.25, 0.3) is 0 Å². The molecule has 4 rings (SSSR count). The Kier molecular flexibility index (Phi) is 4.70. The maximum absolute atomic E-state index is 6.28. The fraction of sp³-hybridized carbons (Fsp3) is 0.200. The second-order valence-corrected chi connectivity index (χ2v) is 7.15. The van der Waals surface area contributed by atoms with Crippen molar-refractivity contribution < 1.29 is 0 Å². The Balaban J connectivity index is 1.62. The zero-order valence-electron chi connectivity index (χ0n) is 14.3. The normalized spacial score (nSPS) is 13.4. The highest BCUT2D eigenvalue weighted by atomic mass is 35.5. The summed E-state index contributed by atoms with van der Waals surface area (Å²) in [5, 5.41) is 4.25. The molecular weight excluding hydrogens is 367 g/mol. The van der Waals surface area contributed by atoms with Gasteiger partial charge in [0.15, 0.2) is 0 Å². The molecule has 0 fully saturated rings. The number of fused-ring (bicyclic) bond motifs is 1. The minimum Gasteiger partial charge on any atom is -0.339 e. The predicted molar refractivity (Wildman–Crippen MR) is 108 cm³/mol. The summed E-state index contributed by atoms with van der Waals surface area (Å²) in [4.78, 5) is 11.5. The molecule has 1 aliphatic rings. The van der Waals surface area contributed by atoms with Gasteiger partial charge in [0, 0.05) is 24.8 Å². The second-order valence-electron chi connectivity index (χ2n) is 6.36. The van der Waals surface area contributed by atoms with E-state index in [2.05, 4.69) is 39.5 Å². The standard InChI is InChI=1S/C20H18Cl2N4/c1-13-11-18(24-17-8-4-7-16(21)19(17)22)25-20(23-13)26-10-9-14-5-2-3-6-15(14)12-26/h2-8,11H,9-10,12H2,1H3,(H,23,24,25). The molecule has 1 aromatic heterocycles. The number of aryl methyl sites for hydroxylation is 1. The fourth-order valence-corrected chi connectivity index (χ4v) is 3.51. The van der Waals surface area contributed by atoms with Gasteiger partial charge in [-0.15, -0.1) is 0 Å². The quantitative estimate of drug-likeness (QED) is 0.656. The van der Waals surface area contributed by atoms with Crippen molar-refractivity contribution in [1.29, 1.82) is 0 Å². The van der Waals surface area contributed by atoms with Gasteiger partial charge in [0.1, 0.15) is 5.82 Å². The molecule has 0 spiro atoms. The molecule has 0 bridgehead atoms. The number of halogens is 2. The number of nitrogens with one attached hydrogen (secondary N) is 1. The summed E-state index contributed by atoms with van der Waals surface area (Å²) in [6, 6.07) is 15.9. The molecule has 3 aromatic rings. The van der Waals surface area contributed by atoms with E-state index in [1.54, 1.807) is 6.07 Å². The molecular formula is C20H18Cl2N4. The zero-order chi connectivity index (χ0) is 18.1. The maximum atomic E-state index is 6.28. The van der Waals surface area contributed by atoms with Crippen LogP contribution >= 0.6 is 23.2 Å². The van der Waals surface area contributed by atoms with E-state index in [4.69, 9.17) is 28.2 Å². The highest BCUT2D eigenvalue weighted by Crippen LogP contribution is 2.32. The molecule has 2 aromatic carbocycles. The summed E-state index contributed by atoms with van der Waals surface area (Å²) in [5.41, 5.74) is 4.36. The molecule has 2 heterocycles. The lowest BCUT2D eigenvalue weighted by Gasteiger charge is -2.29. The summed E-state index contributed by atoms with van der Waals surface area (Å²) in [7, 11) is 0. The highest BCUT2D eigenvalue weighted by molar-refractivity contribution is 6.43. The Bertz CT molecular complexity index is 958. The fourth-order valence-electron chi connectivity index (χ4n) is 3.16. The van der Waals surface area contributed by atoms with Crippen molar-refractivity contribution in [2.45, 2.75) is 19.9 Å². The molecule has 0 aliphatic carbocycles. The monoisotopic (exact) mass is 384 g/mol. The van der Waals surface area contributed by atoms with E-state index < -0.39 is 0 Å². The van der Waals surface area contributed by atoms with Gasteiger partial charge in [0.05, 0.1) is 15.7 Å². The number of nitrogens with zero attached hydrogens (tertiary/aromatic N) is 3. The Hall–Kier alpha value is -2.30. The van der Waals surface area contributed by atoms with E-state index in [1.165, 1.54) is 11.1 Å². The highest BCUT2D eigenvalue weighted by Gasteiger charge is 2.19. The maximum Gasteiger partial charge on any atom is 0.227 e. The Morgan fingerprint density at radius 2 is 1.81 bits per heavy atom. The van der Waals surface area contributed by atoms with Crippen LogP contribution in [-0.2, 0) is 13.0 Å². The first kappa shape index (κ1) is 17.1. The predicted octanol–water partition coefficient (Wildman–Crippen LogP) is 5.40. The smallest absolute Gasteiger partial charge is 0.227 e. The van der Waals surface area contributed by atoms with Crippen LogP contribution in [0.2, 0.25) is 10.0 Å². The van der Waals surface area contributed by atoms with Gasteiger partial charge in [-0.2, -0.15) is 4.98 Å². The lowest BCUT2D eigenvalue weighted by atomic mass is 10.0. The second kappa shape index (κ2) is 7.14. The summed E-state index contributed by atoms with van der Waals surface area (Å²) < 4.78 is 0. The summed E-state index contributed by atoms with van der Waals surface area (Å²) in [6.07, 6.45) is 0.996. The minimum atomic E-state index is 0.485. The van der Waals surface area contributed by atoms with E-state index in [-0.39, 0.29) is 0 Å². The van der Waals surface area contributed by atoms with Crippen LogP contribution in [0.5, 0.6) is 0 Å². The van der Waals surface area contributed by atoms with E-state index in [0.29, 0.717) is 15.9 Å². The lowest BCUT2D eigenvalue weighted by Crippen LogP contribution is -2.32. The van der Waals surface area contributed by atoms with Gasteiger partial charge in [0.2, 0.25) is 5.95 Å². The van der Waals surface area contributed by atoms with Crippen LogP contribution in [0.1, 0.15) is 16.8 Å². The van der Waals surface area contributed by atoms with Crippen molar-refractivity contribution in [2.75, 3.05) is 16.8 Å². The number of benzene rings is 2. The van der Waals surface area contributed by atoms with Crippen molar-refractivity contribution in [2.24, 2.45) is 0 Å². The molecule has 0 amide bonds. The van der Waals surface area contributed by atoms with Crippen LogP contribution in [0.15, 0.2) is 48.5 Å². The SMILES string of the molecule is Cc1cc(Nc2cccc(Cl)c2Cl)nc(N2CCc3ccccc3C2)n1. The molecule has 0 radical (unpaired) electrons. The average Bonchev–Trinajstić information content (AvgIpc) is 2.65. The summed E-state index contributed by atoms with van der Waals surface area (Å²) in [5.74, 6) is 1.43. The molecule has 0 saturated heterocycles. The zero-order valence-corrected chi connectivity index (χ0v) is 15.8. The van der Waals surface area contributed by atoms with E-state index >= 15 is 0 Å². The number of anilines is 3. The Labute approximate surface area is 162 Å². The molecule has 0 unspecified atom stereocenters. The van der Waals surface area contributed by atoms with Crippen LogP contribution < -0.4 is 10.2 Å². The third kappa shape index (κ3) is 3.48. The molecule has 132 valence electrons. The van der Waals surface area contributed by atoms with Crippen LogP contribution in [-0.4, -0.2) is 16.5 Å². The number of hydrogen-bond donors (Lipinski definition) is 1. The van der Waals surface area contributed by atoms with E-state index in [9.17, 15) is 0 Å². The largest absolute Gasteiger partial charge is 0.339 e. The molecule has 4 nitrogen and oxygen atoms in total. The van der Waals surface area contributed by atoms with Crippen molar-refractivity contribution in [3.63, 3.8) is 0 Å². The van der Waals surface area contributed by atoms with E-state index in [0.717, 1.165) is 36.8 Å². The van der Waals surface area contributed by atoms with Crippen molar-refractivity contribution >= 4 is 40.7 Å². The molecule has 1 N–H and O–H groups in total.